The van der Waals surface area contributed by atoms with E-state index >= 15 is 0 Å². The number of aliphatic hydroxyl groups excluding tert-OH is 1. The van der Waals surface area contributed by atoms with Crippen LogP contribution in [0.25, 0.3) is 0 Å². The summed E-state index contributed by atoms with van der Waals surface area (Å²) in [6, 6.07) is 4.27. The molecule has 5 heteroatoms. The summed E-state index contributed by atoms with van der Waals surface area (Å²) in [5.74, 6) is -0.217. The van der Waals surface area contributed by atoms with E-state index in [0.717, 1.165) is 12.8 Å². The molecule has 1 aliphatic rings. The van der Waals surface area contributed by atoms with Crippen LogP contribution in [0.3, 0.4) is 0 Å². The van der Waals surface area contributed by atoms with E-state index in [1.54, 1.807) is 6.07 Å². The molecule has 1 aromatic rings. The highest BCUT2D eigenvalue weighted by Crippen LogP contribution is 2.39. The van der Waals surface area contributed by atoms with Crippen LogP contribution in [0.2, 0.25) is 0 Å². The Morgan fingerprint density at radius 1 is 1.58 bits per heavy atom. The van der Waals surface area contributed by atoms with Gasteiger partial charge in [0.25, 0.3) is 0 Å². The number of aliphatic hydroxyl groups is 1. The van der Waals surface area contributed by atoms with Crippen LogP contribution in [0.15, 0.2) is 22.7 Å². The third-order valence-electron chi connectivity index (χ3n) is 3.59. The molecule has 1 aromatic carbocycles. The molecular formula is C14H17BrFNO2. The number of rotatable bonds is 5. The summed E-state index contributed by atoms with van der Waals surface area (Å²) in [6.45, 7) is 1.77. The Labute approximate surface area is 120 Å². The van der Waals surface area contributed by atoms with Crippen molar-refractivity contribution in [3.63, 3.8) is 0 Å². The van der Waals surface area contributed by atoms with E-state index in [2.05, 4.69) is 21.2 Å². The van der Waals surface area contributed by atoms with Crippen molar-refractivity contribution in [3.8, 4) is 0 Å². The third-order valence-corrected chi connectivity index (χ3v) is 4.36. The third kappa shape index (κ3) is 3.54. The van der Waals surface area contributed by atoms with Gasteiger partial charge in [0, 0.05) is 4.47 Å². The lowest BCUT2D eigenvalue weighted by molar-refractivity contribution is -0.123. The molecule has 0 aromatic heterocycles. The lowest BCUT2D eigenvalue weighted by atomic mass is 9.96. The smallest absolute Gasteiger partial charge is 0.224 e. The van der Waals surface area contributed by atoms with Crippen molar-refractivity contribution >= 4 is 21.8 Å². The molecular weight excluding hydrogens is 313 g/mol. The number of halogens is 2. The Balaban J connectivity index is 2.02. The molecule has 1 aliphatic carbocycles. The van der Waals surface area contributed by atoms with Crippen LogP contribution in [-0.2, 0) is 11.2 Å². The summed E-state index contributed by atoms with van der Waals surface area (Å²) >= 11 is 3.30. The molecule has 2 N–H and O–H groups in total. The van der Waals surface area contributed by atoms with E-state index in [0.29, 0.717) is 16.0 Å². The first kappa shape index (κ1) is 14.5. The van der Waals surface area contributed by atoms with Gasteiger partial charge in [0.1, 0.15) is 5.82 Å². The molecule has 19 heavy (non-hydrogen) atoms. The lowest BCUT2D eigenvalue weighted by Crippen LogP contribution is -2.51. The average molecular weight is 330 g/mol. The fourth-order valence-electron chi connectivity index (χ4n) is 2.21. The largest absolute Gasteiger partial charge is 0.394 e. The van der Waals surface area contributed by atoms with Gasteiger partial charge in [-0.2, -0.15) is 0 Å². The fraction of sp³-hybridized carbons (Fsp3) is 0.500. The van der Waals surface area contributed by atoms with Gasteiger partial charge in [0.05, 0.1) is 18.6 Å². The second-order valence-corrected chi connectivity index (χ2v) is 6.16. The second-order valence-electron chi connectivity index (χ2n) is 5.31. The normalized spacial score (nSPS) is 17.9. The van der Waals surface area contributed by atoms with Crippen molar-refractivity contribution in [2.45, 2.75) is 31.7 Å². The fourth-order valence-corrected chi connectivity index (χ4v) is 2.59. The summed E-state index contributed by atoms with van der Waals surface area (Å²) < 4.78 is 13.9. The van der Waals surface area contributed by atoms with Crippen LogP contribution in [0, 0.1) is 11.7 Å². The van der Waals surface area contributed by atoms with Crippen LogP contribution < -0.4 is 5.32 Å². The van der Waals surface area contributed by atoms with Gasteiger partial charge in [-0.05, 0) is 49.4 Å². The van der Waals surface area contributed by atoms with Crippen LogP contribution in [0.1, 0.15) is 25.3 Å². The summed E-state index contributed by atoms with van der Waals surface area (Å²) in [4.78, 5) is 12.0. The van der Waals surface area contributed by atoms with Crippen molar-refractivity contribution in [1.82, 2.24) is 5.32 Å². The molecule has 1 atom stereocenters. The standard InChI is InChI=1S/C14H17BrFNO2/c1-14(8-18,10-2-3-10)17-13(19)7-9-6-11(16)4-5-12(9)15/h4-6,10,18H,2-3,7-8H2,1H3,(H,17,19). The van der Waals surface area contributed by atoms with Gasteiger partial charge in [-0.3, -0.25) is 4.79 Å². The first-order valence-corrected chi connectivity index (χ1v) is 7.10. The van der Waals surface area contributed by atoms with E-state index < -0.39 is 5.54 Å². The van der Waals surface area contributed by atoms with Crippen LogP contribution in [-0.4, -0.2) is 23.2 Å². The zero-order valence-corrected chi connectivity index (χ0v) is 12.3. The molecule has 1 amide bonds. The molecule has 104 valence electrons. The summed E-state index contributed by atoms with van der Waals surface area (Å²) in [5.41, 5.74) is 0.0465. The maximum Gasteiger partial charge on any atom is 0.224 e. The number of benzene rings is 1. The number of hydrogen-bond donors (Lipinski definition) is 2. The highest BCUT2D eigenvalue weighted by Gasteiger charge is 2.42. The first-order valence-electron chi connectivity index (χ1n) is 6.30. The Kier molecular flexibility index (Phi) is 4.26. The number of hydrogen-bond acceptors (Lipinski definition) is 2. The predicted molar refractivity (Wildman–Crippen MR) is 74.2 cm³/mol. The number of carbonyl (C=O) groups excluding carboxylic acids is 1. The molecule has 0 saturated heterocycles. The minimum atomic E-state index is -0.559. The molecule has 0 spiro atoms. The number of amides is 1. The SMILES string of the molecule is CC(CO)(NC(=O)Cc1cc(F)ccc1Br)C1CC1. The lowest BCUT2D eigenvalue weighted by Gasteiger charge is -2.28. The van der Waals surface area contributed by atoms with Gasteiger partial charge >= 0.3 is 0 Å². The van der Waals surface area contributed by atoms with Gasteiger partial charge in [0.15, 0.2) is 0 Å². The second kappa shape index (κ2) is 5.59. The highest BCUT2D eigenvalue weighted by molar-refractivity contribution is 9.10. The minimum absolute atomic E-state index is 0.0757. The van der Waals surface area contributed by atoms with Gasteiger partial charge in [-0.1, -0.05) is 15.9 Å². The van der Waals surface area contributed by atoms with E-state index in [1.807, 2.05) is 6.92 Å². The van der Waals surface area contributed by atoms with Crippen molar-refractivity contribution in [2.24, 2.45) is 5.92 Å². The molecule has 1 unspecified atom stereocenters. The number of carbonyl (C=O) groups is 1. The number of nitrogens with one attached hydrogen (secondary N) is 1. The molecule has 0 radical (unpaired) electrons. The van der Waals surface area contributed by atoms with E-state index in [1.165, 1.54) is 12.1 Å². The van der Waals surface area contributed by atoms with Crippen LogP contribution in [0.4, 0.5) is 4.39 Å². The zero-order valence-electron chi connectivity index (χ0n) is 10.7. The van der Waals surface area contributed by atoms with E-state index in [-0.39, 0.29) is 24.8 Å². The molecule has 2 rings (SSSR count). The average Bonchev–Trinajstić information content (AvgIpc) is 3.18. The highest BCUT2D eigenvalue weighted by atomic mass is 79.9. The first-order chi connectivity index (χ1) is 8.94. The van der Waals surface area contributed by atoms with E-state index in [9.17, 15) is 14.3 Å². The molecule has 0 bridgehead atoms. The molecule has 0 heterocycles. The van der Waals surface area contributed by atoms with Gasteiger partial charge in [0.2, 0.25) is 5.91 Å². The summed E-state index contributed by atoms with van der Waals surface area (Å²) in [7, 11) is 0. The topological polar surface area (TPSA) is 49.3 Å². The van der Waals surface area contributed by atoms with Gasteiger partial charge < -0.3 is 10.4 Å². The summed E-state index contributed by atoms with van der Waals surface area (Å²) in [5, 5.41) is 12.3. The van der Waals surface area contributed by atoms with Crippen LogP contribution >= 0.6 is 15.9 Å². The van der Waals surface area contributed by atoms with Crippen molar-refractivity contribution in [1.29, 1.82) is 0 Å². The molecule has 0 aliphatic heterocycles. The molecule has 1 fully saturated rings. The monoisotopic (exact) mass is 329 g/mol. The van der Waals surface area contributed by atoms with Crippen molar-refractivity contribution in [3.05, 3.63) is 34.1 Å². The predicted octanol–water partition coefficient (Wildman–Crippen LogP) is 2.41. The Bertz CT molecular complexity index is 490. The molecule has 3 nitrogen and oxygen atoms in total. The maximum absolute atomic E-state index is 13.1. The van der Waals surface area contributed by atoms with Crippen molar-refractivity contribution in [2.75, 3.05) is 6.61 Å². The molecule has 1 saturated carbocycles. The Morgan fingerprint density at radius 2 is 2.26 bits per heavy atom. The maximum atomic E-state index is 13.1. The zero-order chi connectivity index (χ0) is 14.0. The van der Waals surface area contributed by atoms with Gasteiger partial charge in [-0.15, -0.1) is 0 Å². The van der Waals surface area contributed by atoms with Gasteiger partial charge in [-0.25, -0.2) is 4.39 Å². The van der Waals surface area contributed by atoms with Crippen LogP contribution in [0.5, 0.6) is 0 Å². The minimum Gasteiger partial charge on any atom is -0.394 e. The Morgan fingerprint density at radius 3 is 2.84 bits per heavy atom. The Hall–Kier alpha value is -0.940. The van der Waals surface area contributed by atoms with Crippen molar-refractivity contribution < 1.29 is 14.3 Å². The van der Waals surface area contributed by atoms with E-state index in [4.69, 9.17) is 0 Å². The summed E-state index contributed by atoms with van der Waals surface area (Å²) in [6.07, 6.45) is 2.16. The quantitative estimate of drug-likeness (QED) is 0.871.